The van der Waals surface area contributed by atoms with Crippen LogP contribution in [0.5, 0.6) is 11.5 Å². The summed E-state index contributed by atoms with van der Waals surface area (Å²) in [6.45, 7) is 0.362. The molecule has 1 amide bonds. The summed E-state index contributed by atoms with van der Waals surface area (Å²) < 4.78 is 10.4. The van der Waals surface area contributed by atoms with E-state index < -0.39 is 10.9 Å². The van der Waals surface area contributed by atoms with E-state index in [1.165, 1.54) is 25.3 Å². The summed E-state index contributed by atoms with van der Waals surface area (Å²) in [5.41, 5.74) is -0.184. The van der Waals surface area contributed by atoms with E-state index in [1.807, 2.05) is 0 Å². The quantitative estimate of drug-likeness (QED) is 0.553. The molecular weight excluding hydrogens is 344 g/mol. The van der Waals surface area contributed by atoms with E-state index in [1.54, 1.807) is 4.90 Å². The van der Waals surface area contributed by atoms with Crippen molar-refractivity contribution in [2.45, 2.75) is 38.1 Å². The van der Waals surface area contributed by atoms with Crippen LogP contribution in [0.25, 0.3) is 0 Å². The zero-order valence-electron chi connectivity index (χ0n) is 14.6. The molecule has 0 radical (unpaired) electrons. The molecule has 1 aromatic carbocycles. The predicted molar refractivity (Wildman–Crippen MR) is 91.4 cm³/mol. The first-order valence-corrected chi connectivity index (χ1v) is 8.39. The normalized spacial score (nSPS) is 16.8. The number of carbonyl (C=O) groups is 2. The molecule has 26 heavy (non-hydrogen) atoms. The zero-order valence-corrected chi connectivity index (χ0v) is 14.6. The van der Waals surface area contributed by atoms with Gasteiger partial charge in [0.25, 0.3) is 5.91 Å². The Bertz CT molecular complexity index is 677. The highest BCUT2D eigenvalue weighted by Crippen LogP contribution is 2.31. The minimum absolute atomic E-state index is 0.0227. The van der Waals surface area contributed by atoms with Gasteiger partial charge in [0.1, 0.15) is 5.75 Å². The van der Waals surface area contributed by atoms with Gasteiger partial charge in [0.2, 0.25) is 5.75 Å². The molecule has 1 N–H and O–H groups in total. The van der Waals surface area contributed by atoms with Gasteiger partial charge in [-0.25, -0.2) is 0 Å². The monoisotopic (exact) mass is 366 g/mol. The Balaban J connectivity index is 1.98. The van der Waals surface area contributed by atoms with Crippen molar-refractivity contribution in [3.05, 3.63) is 28.3 Å². The lowest BCUT2D eigenvalue weighted by molar-refractivity contribution is -0.385. The largest absolute Gasteiger partial charge is 0.490 e. The molecule has 1 unspecified atom stereocenters. The van der Waals surface area contributed by atoms with Crippen molar-refractivity contribution in [1.82, 2.24) is 4.90 Å². The molecule has 9 nitrogen and oxygen atoms in total. The minimum Gasteiger partial charge on any atom is -0.490 e. The van der Waals surface area contributed by atoms with Crippen LogP contribution in [0, 0.1) is 10.1 Å². The third-order valence-electron chi connectivity index (χ3n) is 4.35. The van der Waals surface area contributed by atoms with Crippen LogP contribution in [-0.4, -0.2) is 53.1 Å². The molecule has 1 atom stereocenters. The van der Waals surface area contributed by atoms with Gasteiger partial charge in [0, 0.05) is 31.1 Å². The number of hydrogen-bond donors (Lipinski definition) is 1. The number of carboxylic acid groups (broad SMARTS) is 1. The van der Waals surface area contributed by atoms with Crippen molar-refractivity contribution in [3.8, 4) is 11.5 Å². The molecule has 1 heterocycles. The van der Waals surface area contributed by atoms with E-state index >= 15 is 0 Å². The highest BCUT2D eigenvalue weighted by Gasteiger charge is 2.27. The molecule has 0 saturated carbocycles. The standard InChI is InChI=1S/C17H22N2O7/c1-25-15-10-13(6-7-14(15)19(23)24)26-11-16(20)18-9-3-2-4-12(18)5-8-17(21)22/h6-7,10,12H,2-5,8-9,11H2,1H3,(H,21,22). The van der Waals surface area contributed by atoms with Crippen molar-refractivity contribution >= 4 is 17.6 Å². The van der Waals surface area contributed by atoms with Gasteiger partial charge in [0.05, 0.1) is 12.0 Å². The average molecular weight is 366 g/mol. The number of nitro benzene ring substituents is 1. The Morgan fingerprint density at radius 3 is 2.81 bits per heavy atom. The summed E-state index contributed by atoms with van der Waals surface area (Å²) in [6.07, 6.45) is 3.07. The first-order chi connectivity index (χ1) is 12.4. The van der Waals surface area contributed by atoms with E-state index in [0.717, 1.165) is 19.3 Å². The average Bonchev–Trinajstić information content (AvgIpc) is 2.64. The van der Waals surface area contributed by atoms with Crippen LogP contribution in [0.15, 0.2) is 18.2 Å². The predicted octanol–water partition coefficient (Wildman–Crippen LogP) is 2.23. The maximum Gasteiger partial charge on any atom is 0.311 e. The van der Waals surface area contributed by atoms with Crippen LogP contribution in [0.1, 0.15) is 32.1 Å². The number of likely N-dealkylation sites (tertiary alicyclic amines) is 1. The Kier molecular flexibility index (Phi) is 6.76. The highest BCUT2D eigenvalue weighted by atomic mass is 16.6. The Hall–Kier alpha value is -2.84. The summed E-state index contributed by atoms with van der Waals surface area (Å²) in [5.74, 6) is -0.758. The fraction of sp³-hybridized carbons (Fsp3) is 0.529. The fourth-order valence-electron chi connectivity index (χ4n) is 3.05. The molecule has 1 fully saturated rings. The molecule has 1 aliphatic heterocycles. The van der Waals surface area contributed by atoms with Gasteiger partial charge in [-0.2, -0.15) is 0 Å². The summed E-state index contributed by atoms with van der Waals surface area (Å²) >= 11 is 0. The maximum atomic E-state index is 12.5. The second kappa shape index (κ2) is 9.02. The summed E-state index contributed by atoms with van der Waals surface area (Å²) in [4.78, 5) is 35.3. The van der Waals surface area contributed by atoms with Gasteiger partial charge in [-0.05, 0) is 31.7 Å². The molecule has 1 aromatic rings. The molecule has 0 bridgehead atoms. The molecule has 0 aliphatic carbocycles. The number of piperidine rings is 1. The molecule has 142 valence electrons. The molecular formula is C17H22N2O7. The van der Waals surface area contributed by atoms with Crippen molar-refractivity contribution < 1.29 is 29.1 Å². The fourth-order valence-corrected chi connectivity index (χ4v) is 3.05. The van der Waals surface area contributed by atoms with E-state index in [0.29, 0.717) is 18.7 Å². The van der Waals surface area contributed by atoms with Crippen LogP contribution in [0.3, 0.4) is 0 Å². The second-order valence-corrected chi connectivity index (χ2v) is 6.05. The van der Waals surface area contributed by atoms with Crippen molar-refractivity contribution in [1.29, 1.82) is 0 Å². The van der Waals surface area contributed by atoms with Gasteiger partial charge in [-0.1, -0.05) is 0 Å². The van der Waals surface area contributed by atoms with Crippen molar-refractivity contribution in [2.75, 3.05) is 20.3 Å². The molecule has 0 aromatic heterocycles. The lowest BCUT2D eigenvalue weighted by Gasteiger charge is -2.35. The van der Waals surface area contributed by atoms with Gasteiger partial charge >= 0.3 is 11.7 Å². The molecule has 9 heteroatoms. The highest BCUT2D eigenvalue weighted by molar-refractivity contribution is 5.78. The number of carboxylic acids is 1. The number of aliphatic carboxylic acids is 1. The topological polar surface area (TPSA) is 119 Å². The lowest BCUT2D eigenvalue weighted by atomic mass is 9.98. The van der Waals surface area contributed by atoms with Crippen LogP contribution in [-0.2, 0) is 9.59 Å². The van der Waals surface area contributed by atoms with E-state index in [-0.39, 0.29) is 36.4 Å². The number of rotatable bonds is 8. The van der Waals surface area contributed by atoms with Crippen LogP contribution < -0.4 is 9.47 Å². The van der Waals surface area contributed by atoms with Gasteiger partial charge in [-0.3, -0.25) is 19.7 Å². The number of amides is 1. The van der Waals surface area contributed by atoms with E-state index in [2.05, 4.69) is 0 Å². The van der Waals surface area contributed by atoms with Crippen LogP contribution >= 0.6 is 0 Å². The Morgan fingerprint density at radius 1 is 1.38 bits per heavy atom. The number of nitrogens with zero attached hydrogens (tertiary/aromatic N) is 2. The van der Waals surface area contributed by atoms with Crippen LogP contribution in [0.4, 0.5) is 5.69 Å². The maximum absolute atomic E-state index is 12.5. The first-order valence-electron chi connectivity index (χ1n) is 8.39. The van der Waals surface area contributed by atoms with Crippen molar-refractivity contribution in [3.63, 3.8) is 0 Å². The smallest absolute Gasteiger partial charge is 0.311 e. The number of nitro groups is 1. The third-order valence-corrected chi connectivity index (χ3v) is 4.35. The summed E-state index contributed by atoms with van der Waals surface area (Å²) in [6, 6.07) is 3.94. The Morgan fingerprint density at radius 2 is 2.15 bits per heavy atom. The zero-order chi connectivity index (χ0) is 19.1. The molecule has 2 rings (SSSR count). The third kappa shape index (κ3) is 5.08. The summed E-state index contributed by atoms with van der Waals surface area (Å²) in [7, 11) is 1.32. The first kappa shape index (κ1) is 19.5. The van der Waals surface area contributed by atoms with E-state index in [4.69, 9.17) is 14.6 Å². The van der Waals surface area contributed by atoms with E-state index in [9.17, 15) is 19.7 Å². The van der Waals surface area contributed by atoms with Gasteiger partial charge in [0.15, 0.2) is 6.61 Å². The molecule has 1 aliphatic rings. The van der Waals surface area contributed by atoms with Gasteiger partial charge < -0.3 is 19.5 Å². The molecule has 0 spiro atoms. The second-order valence-electron chi connectivity index (χ2n) is 6.05. The summed E-state index contributed by atoms with van der Waals surface area (Å²) in [5, 5.41) is 19.7. The number of hydrogen-bond acceptors (Lipinski definition) is 6. The number of carbonyl (C=O) groups excluding carboxylic acids is 1. The lowest BCUT2D eigenvalue weighted by Crippen LogP contribution is -2.46. The van der Waals surface area contributed by atoms with Crippen molar-refractivity contribution in [2.24, 2.45) is 0 Å². The van der Waals surface area contributed by atoms with Crippen LogP contribution in [0.2, 0.25) is 0 Å². The number of ether oxygens (including phenoxy) is 2. The van der Waals surface area contributed by atoms with Gasteiger partial charge in [-0.15, -0.1) is 0 Å². The SMILES string of the molecule is COc1cc(OCC(=O)N2CCCCC2CCC(=O)O)ccc1[N+](=O)[O-]. The molecule has 1 saturated heterocycles. The number of benzene rings is 1. The number of methoxy groups -OCH3 is 1. The Labute approximate surface area is 150 Å². The minimum atomic E-state index is -0.878.